The van der Waals surface area contributed by atoms with Crippen molar-refractivity contribution in [1.29, 1.82) is 0 Å². The molecule has 1 saturated carbocycles. The summed E-state index contributed by atoms with van der Waals surface area (Å²) in [6, 6.07) is 1.47. The van der Waals surface area contributed by atoms with Crippen molar-refractivity contribution in [3.63, 3.8) is 0 Å². The van der Waals surface area contributed by atoms with Gasteiger partial charge in [-0.3, -0.25) is 0 Å². The van der Waals surface area contributed by atoms with Gasteiger partial charge in [-0.2, -0.15) is 0 Å². The minimum atomic E-state index is -0.427. The summed E-state index contributed by atoms with van der Waals surface area (Å²) in [5.74, 6) is 0. The molecule has 2 rings (SSSR count). The van der Waals surface area contributed by atoms with Gasteiger partial charge in [-0.15, -0.1) is 0 Å². The first-order chi connectivity index (χ1) is 10.7. The van der Waals surface area contributed by atoms with Crippen molar-refractivity contribution in [1.82, 2.24) is 10.2 Å². The molecule has 1 N–H and O–H groups in total. The van der Waals surface area contributed by atoms with Crippen LogP contribution in [0.5, 0.6) is 0 Å². The molecule has 2 fully saturated rings. The summed E-state index contributed by atoms with van der Waals surface area (Å²) in [6.45, 7) is 8.76. The molecule has 0 aromatic heterocycles. The summed E-state index contributed by atoms with van der Waals surface area (Å²) in [6.07, 6.45) is 6.74. The van der Waals surface area contributed by atoms with E-state index in [1.807, 2.05) is 27.8 Å². The van der Waals surface area contributed by atoms with Gasteiger partial charge in [-0.1, -0.05) is 0 Å². The maximum Gasteiger partial charge on any atom is 0.410 e. The number of amides is 1. The van der Waals surface area contributed by atoms with Crippen LogP contribution in [-0.4, -0.2) is 54.5 Å². The zero-order valence-corrected chi connectivity index (χ0v) is 15.4. The zero-order valence-electron chi connectivity index (χ0n) is 15.4. The van der Waals surface area contributed by atoms with Crippen LogP contribution in [0, 0.1) is 0 Å². The second-order valence-corrected chi connectivity index (χ2v) is 8.17. The lowest BCUT2D eigenvalue weighted by Crippen LogP contribution is -2.48. The molecule has 5 heteroatoms. The Balaban J connectivity index is 1.73. The normalized spacial score (nSPS) is 32.4. The largest absolute Gasteiger partial charge is 0.444 e. The predicted molar refractivity (Wildman–Crippen MR) is 91.6 cm³/mol. The molecule has 0 bridgehead atoms. The Bertz CT molecular complexity index is 386. The number of ether oxygens (including phenoxy) is 2. The molecule has 0 aromatic rings. The van der Waals surface area contributed by atoms with Crippen molar-refractivity contribution in [3.8, 4) is 0 Å². The monoisotopic (exact) mass is 326 g/mol. The van der Waals surface area contributed by atoms with Crippen molar-refractivity contribution in [2.24, 2.45) is 0 Å². The van der Waals surface area contributed by atoms with Gasteiger partial charge < -0.3 is 19.7 Å². The number of rotatable bonds is 3. The molecule has 1 aliphatic heterocycles. The highest BCUT2D eigenvalue weighted by Gasteiger charge is 2.30. The number of carbonyl (C=O) groups is 1. The van der Waals surface area contributed by atoms with Crippen molar-refractivity contribution in [2.75, 3.05) is 13.7 Å². The first-order valence-electron chi connectivity index (χ1n) is 9.08. The van der Waals surface area contributed by atoms with E-state index >= 15 is 0 Å². The third kappa shape index (κ3) is 5.96. The number of hydrogen-bond donors (Lipinski definition) is 1. The van der Waals surface area contributed by atoms with E-state index in [1.165, 1.54) is 0 Å². The molecule has 0 aromatic carbocycles. The fraction of sp³-hybridized carbons (Fsp3) is 0.944. The maximum absolute atomic E-state index is 12.2. The van der Waals surface area contributed by atoms with Crippen molar-refractivity contribution in [3.05, 3.63) is 0 Å². The number of hydrogen-bond acceptors (Lipinski definition) is 4. The average molecular weight is 326 g/mol. The minimum Gasteiger partial charge on any atom is -0.444 e. The van der Waals surface area contributed by atoms with Gasteiger partial charge >= 0.3 is 6.09 Å². The van der Waals surface area contributed by atoms with Crippen LogP contribution in [0.1, 0.15) is 66.2 Å². The number of nitrogens with zero attached hydrogens (tertiary/aromatic N) is 1. The second kappa shape index (κ2) is 7.84. The van der Waals surface area contributed by atoms with E-state index in [0.29, 0.717) is 24.2 Å². The van der Waals surface area contributed by atoms with Crippen LogP contribution in [0.2, 0.25) is 0 Å². The Morgan fingerprint density at radius 3 is 2.35 bits per heavy atom. The van der Waals surface area contributed by atoms with E-state index in [4.69, 9.17) is 9.47 Å². The van der Waals surface area contributed by atoms with Gasteiger partial charge in [0.05, 0.1) is 6.10 Å². The fourth-order valence-corrected chi connectivity index (χ4v) is 3.60. The lowest BCUT2D eigenvalue weighted by Gasteiger charge is -2.38. The Hall–Kier alpha value is -0.810. The zero-order chi connectivity index (χ0) is 17.0. The Morgan fingerprint density at radius 1 is 1.13 bits per heavy atom. The SMILES string of the molecule is CC1CC(NC2CCC(N(C)C(=O)OC(C)(C)C)CC2)CCO1. The molecular weight excluding hydrogens is 292 g/mol. The highest BCUT2D eigenvalue weighted by Crippen LogP contribution is 2.25. The van der Waals surface area contributed by atoms with Gasteiger partial charge in [0.25, 0.3) is 0 Å². The first kappa shape index (κ1) is 18.5. The molecule has 0 spiro atoms. The molecule has 2 unspecified atom stereocenters. The smallest absolute Gasteiger partial charge is 0.410 e. The van der Waals surface area contributed by atoms with E-state index in [0.717, 1.165) is 45.1 Å². The highest BCUT2D eigenvalue weighted by molar-refractivity contribution is 5.68. The number of nitrogens with one attached hydrogen (secondary N) is 1. The molecule has 23 heavy (non-hydrogen) atoms. The molecule has 2 atom stereocenters. The van der Waals surface area contributed by atoms with E-state index in [1.54, 1.807) is 4.90 Å². The first-order valence-corrected chi connectivity index (χ1v) is 9.08. The van der Waals surface area contributed by atoms with Gasteiger partial charge in [0.15, 0.2) is 0 Å². The van der Waals surface area contributed by atoms with Gasteiger partial charge in [-0.25, -0.2) is 4.79 Å². The molecule has 1 aliphatic carbocycles. The topological polar surface area (TPSA) is 50.8 Å². The molecule has 0 radical (unpaired) electrons. The van der Waals surface area contributed by atoms with Crippen molar-refractivity contribution in [2.45, 2.75) is 96.1 Å². The van der Waals surface area contributed by atoms with Crippen LogP contribution in [0.15, 0.2) is 0 Å². The van der Waals surface area contributed by atoms with E-state index in [-0.39, 0.29) is 6.09 Å². The van der Waals surface area contributed by atoms with E-state index < -0.39 is 5.60 Å². The molecule has 2 aliphatic rings. The van der Waals surface area contributed by atoms with Crippen molar-refractivity contribution < 1.29 is 14.3 Å². The lowest BCUT2D eigenvalue weighted by atomic mass is 9.89. The molecule has 1 amide bonds. The molecule has 1 saturated heterocycles. The Labute approximate surface area is 141 Å². The fourth-order valence-electron chi connectivity index (χ4n) is 3.60. The Morgan fingerprint density at radius 2 is 1.78 bits per heavy atom. The molecular formula is C18H34N2O3. The van der Waals surface area contributed by atoms with Gasteiger partial charge in [0, 0.05) is 31.8 Å². The van der Waals surface area contributed by atoms with E-state index in [2.05, 4.69) is 12.2 Å². The lowest BCUT2D eigenvalue weighted by molar-refractivity contribution is 0.00695. The molecule has 1 heterocycles. The van der Waals surface area contributed by atoms with Crippen LogP contribution < -0.4 is 5.32 Å². The highest BCUT2D eigenvalue weighted by atomic mass is 16.6. The van der Waals surface area contributed by atoms with Gasteiger partial charge in [-0.05, 0) is 66.2 Å². The van der Waals surface area contributed by atoms with Gasteiger partial charge in [0.2, 0.25) is 0 Å². The maximum atomic E-state index is 12.2. The molecule has 134 valence electrons. The third-order valence-corrected chi connectivity index (χ3v) is 4.88. The summed E-state index contributed by atoms with van der Waals surface area (Å²) in [4.78, 5) is 14.0. The third-order valence-electron chi connectivity index (χ3n) is 4.88. The molecule has 5 nitrogen and oxygen atoms in total. The average Bonchev–Trinajstić information content (AvgIpc) is 2.45. The summed E-state index contributed by atoms with van der Waals surface area (Å²) >= 11 is 0. The van der Waals surface area contributed by atoms with Crippen LogP contribution in [-0.2, 0) is 9.47 Å². The quantitative estimate of drug-likeness (QED) is 0.864. The summed E-state index contributed by atoms with van der Waals surface area (Å²) in [5, 5.41) is 3.80. The van der Waals surface area contributed by atoms with Crippen molar-refractivity contribution >= 4 is 6.09 Å². The number of carbonyl (C=O) groups excluding carboxylic acids is 1. The van der Waals surface area contributed by atoms with Crippen LogP contribution in [0.25, 0.3) is 0 Å². The minimum absolute atomic E-state index is 0.202. The van der Waals surface area contributed by atoms with Crippen LogP contribution >= 0.6 is 0 Å². The second-order valence-electron chi connectivity index (χ2n) is 8.17. The Kier molecular flexibility index (Phi) is 6.32. The predicted octanol–water partition coefficient (Wildman–Crippen LogP) is 3.32. The van der Waals surface area contributed by atoms with Gasteiger partial charge in [0.1, 0.15) is 5.60 Å². The summed E-state index contributed by atoms with van der Waals surface area (Å²) in [5.41, 5.74) is -0.427. The van der Waals surface area contributed by atoms with Crippen LogP contribution in [0.4, 0.5) is 4.79 Å². The summed E-state index contributed by atoms with van der Waals surface area (Å²) in [7, 11) is 1.87. The standard InChI is InChI=1S/C18H34N2O3/c1-13-12-15(10-11-22-13)19-14-6-8-16(9-7-14)20(5)17(21)23-18(2,3)4/h13-16,19H,6-12H2,1-5H3. The summed E-state index contributed by atoms with van der Waals surface area (Å²) < 4.78 is 11.1. The van der Waals surface area contributed by atoms with Crippen LogP contribution in [0.3, 0.4) is 0 Å². The van der Waals surface area contributed by atoms with E-state index in [9.17, 15) is 4.79 Å².